The van der Waals surface area contributed by atoms with E-state index in [1.807, 2.05) is 12.1 Å². The minimum Gasteiger partial charge on any atom is -0.497 e. The minimum atomic E-state index is 0.295. The van der Waals surface area contributed by atoms with E-state index < -0.39 is 0 Å². The Hall–Kier alpha value is -1.32. The number of rotatable bonds is 6. The molecule has 0 saturated carbocycles. The highest BCUT2D eigenvalue weighted by Gasteiger charge is 2.22. The van der Waals surface area contributed by atoms with Crippen molar-refractivity contribution in [2.24, 2.45) is 0 Å². The molecule has 1 aliphatic heterocycles. The predicted octanol–water partition coefficient (Wildman–Crippen LogP) is 2.56. The van der Waals surface area contributed by atoms with Crippen molar-refractivity contribution in [1.29, 1.82) is 0 Å². The molecule has 0 spiro atoms. The number of benzene rings is 1. The van der Waals surface area contributed by atoms with Crippen LogP contribution in [0.5, 0.6) is 5.75 Å². The highest BCUT2D eigenvalue weighted by Crippen LogP contribution is 2.19. The molecule has 3 heteroatoms. The van der Waals surface area contributed by atoms with E-state index in [9.17, 15) is 0 Å². The van der Waals surface area contributed by atoms with E-state index in [2.05, 4.69) is 29.2 Å². The Morgan fingerprint density at radius 2 is 2.16 bits per heavy atom. The number of likely N-dealkylation sites (tertiary alicyclic amines) is 1. The Bertz CT molecular complexity index is 400. The molecule has 1 unspecified atom stereocenters. The first-order valence-electron chi connectivity index (χ1n) is 6.99. The zero-order chi connectivity index (χ0) is 13.5. The Balaban J connectivity index is 1.84. The molecule has 0 radical (unpaired) electrons. The number of aliphatic hydroxyl groups is 1. The second-order valence-corrected chi connectivity index (χ2v) is 4.98. The van der Waals surface area contributed by atoms with Crippen LogP contribution in [0.4, 0.5) is 0 Å². The van der Waals surface area contributed by atoms with Crippen molar-refractivity contribution in [2.75, 3.05) is 26.8 Å². The average molecular weight is 261 g/mol. The summed E-state index contributed by atoms with van der Waals surface area (Å²) in [4.78, 5) is 2.45. The molecule has 1 aliphatic rings. The molecule has 0 aromatic heterocycles. The van der Waals surface area contributed by atoms with Crippen LogP contribution < -0.4 is 4.74 Å². The first-order valence-corrected chi connectivity index (χ1v) is 6.99. The number of nitrogens with zero attached hydrogens (tertiary/aromatic N) is 1. The lowest BCUT2D eigenvalue weighted by atomic mass is 10.1. The van der Waals surface area contributed by atoms with Crippen LogP contribution in [-0.2, 0) is 0 Å². The zero-order valence-electron chi connectivity index (χ0n) is 11.6. The van der Waals surface area contributed by atoms with E-state index in [0.717, 1.165) is 25.3 Å². The fourth-order valence-electron chi connectivity index (χ4n) is 2.65. The molecule has 1 N–H and O–H groups in total. The summed E-state index contributed by atoms with van der Waals surface area (Å²) in [5.41, 5.74) is 1.19. The van der Waals surface area contributed by atoms with Crippen molar-refractivity contribution in [2.45, 2.75) is 25.3 Å². The van der Waals surface area contributed by atoms with Crippen LogP contribution in [0.25, 0.3) is 6.08 Å². The van der Waals surface area contributed by atoms with Gasteiger partial charge in [0, 0.05) is 19.2 Å². The minimum absolute atomic E-state index is 0.295. The lowest BCUT2D eigenvalue weighted by molar-refractivity contribution is 0.208. The highest BCUT2D eigenvalue weighted by molar-refractivity contribution is 5.50. The van der Waals surface area contributed by atoms with E-state index in [-0.39, 0.29) is 0 Å². The summed E-state index contributed by atoms with van der Waals surface area (Å²) in [6.07, 6.45) is 7.72. The molecular formula is C16H23NO2. The van der Waals surface area contributed by atoms with Crippen LogP contribution in [0.3, 0.4) is 0 Å². The molecule has 0 aliphatic carbocycles. The van der Waals surface area contributed by atoms with E-state index in [4.69, 9.17) is 9.84 Å². The van der Waals surface area contributed by atoms with Crippen LogP contribution in [0, 0.1) is 0 Å². The molecule has 1 aromatic carbocycles. The Kier molecular flexibility index (Phi) is 5.43. The fraction of sp³-hybridized carbons (Fsp3) is 0.500. The highest BCUT2D eigenvalue weighted by atomic mass is 16.5. The monoisotopic (exact) mass is 261 g/mol. The standard InChI is InChI=1S/C16H23NO2/c1-19-16-8-6-14(7-9-16)4-2-11-17-12-3-5-15(17)10-13-18/h2,4,6-9,15,18H,3,5,10-13H2,1H3/b4-2+. The van der Waals surface area contributed by atoms with Gasteiger partial charge in [0.05, 0.1) is 7.11 Å². The maximum Gasteiger partial charge on any atom is 0.118 e. The Morgan fingerprint density at radius 1 is 1.37 bits per heavy atom. The normalized spacial score (nSPS) is 20.2. The smallest absolute Gasteiger partial charge is 0.118 e. The van der Waals surface area contributed by atoms with Crippen molar-refractivity contribution in [3.63, 3.8) is 0 Å². The number of hydrogen-bond donors (Lipinski definition) is 1. The van der Waals surface area contributed by atoms with Gasteiger partial charge < -0.3 is 9.84 Å². The van der Waals surface area contributed by atoms with Gasteiger partial charge in [0.25, 0.3) is 0 Å². The summed E-state index contributed by atoms with van der Waals surface area (Å²) >= 11 is 0. The van der Waals surface area contributed by atoms with Gasteiger partial charge in [-0.25, -0.2) is 0 Å². The van der Waals surface area contributed by atoms with Crippen molar-refractivity contribution in [1.82, 2.24) is 4.90 Å². The molecule has 2 rings (SSSR count). The van der Waals surface area contributed by atoms with Crippen molar-refractivity contribution < 1.29 is 9.84 Å². The predicted molar refractivity (Wildman–Crippen MR) is 78.3 cm³/mol. The van der Waals surface area contributed by atoms with Crippen LogP contribution in [-0.4, -0.2) is 42.9 Å². The van der Waals surface area contributed by atoms with Crippen LogP contribution in [0.1, 0.15) is 24.8 Å². The summed E-state index contributed by atoms with van der Waals surface area (Å²) in [5, 5.41) is 9.04. The molecule has 3 nitrogen and oxygen atoms in total. The number of hydrogen-bond acceptors (Lipinski definition) is 3. The molecule has 104 valence electrons. The number of aliphatic hydroxyl groups excluding tert-OH is 1. The molecule has 1 saturated heterocycles. The van der Waals surface area contributed by atoms with Crippen molar-refractivity contribution >= 4 is 6.08 Å². The summed E-state index contributed by atoms with van der Waals surface area (Å²) in [5.74, 6) is 0.889. The van der Waals surface area contributed by atoms with Gasteiger partial charge in [0.15, 0.2) is 0 Å². The SMILES string of the molecule is COc1ccc(/C=C/CN2CCCC2CCO)cc1. The summed E-state index contributed by atoms with van der Waals surface area (Å²) in [6.45, 7) is 2.41. The third kappa shape index (κ3) is 4.08. The van der Waals surface area contributed by atoms with Gasteiger partial charge in [-0.2, -0.15) is 0 Å². The molecular weight excluding hydrogens is 238 g/mol. The van der Waals surface area contributed by atoms with Gasteiger partial charge in [-0.05, 0) is 43.5 Å². The number of methoxy groups -OCH3 is 1. The topological polar surface area (TPSA) is 32.7 Å². The third-order valence-corrected chi connectivity index (χ3v) is 3.73. The molecule has 0 bridgehead atoms. The maximum absolute atomic E-state index is 9.04. The van der Waals surface area contributed by atoms with Gasteiger partial charge in [-0.15, -0.1) is 0 Å². The second-order valence-electron chi connectivity index (χ2n) is 4.98. The van der Waals surface area contributed by atoms with E-state index >= 15 is 0 Å². The Labute approximate surface area is 115 Å². The molecule has 1 aromatic rings. The first-order chi connectivity index (χ1) is 9.33. The van der Waals surface area contributed by atoms with Gasteiger partial charge in [0.2, 0.25) is 0 Å². The van der Waals surface area contributed by atoms with E-state index in [1.165, 1.54) is 18.4 Å². The quantitative estimate of drug-likeness (QED) is 0.854. The largest absolute Gasteiger partial charge is 0.497 e. The first kappa shape index (κ1) is 14.1. The van der Waals surface area contributed by atoms with Gasteiger partial charge in [0.1, 0.15) is 5.75 Å². The summed E-state index contributed by atoms with van der Waals surface area (Å²) in [7, 11) is 1.68. The molecule has 0 amide bonds. The van der Waals surface area contributed by atoms with Crippen molar-refractivity contribution in [3.05, 3.63) is 35.9 Å². The molecule has 1 heterocycles. The fourth-order valence-corrected chi connectivity index (χ4v) is 2.65. The van der Waals surface area contributed by atoms with E-state index in [1.54, 1.807) is 7.11 Å². The number of ether oxygens (including phenoxy) is 1. The lowest BCUT2D eigenvalue weighted by Gasteiger charge is -2.21. The van der Waals surface area contributed by atoms with Gasteiger partial charge in [-0.1, -0.05) is 24.3 Å². The second kappa shape index (κ2) is 7.31. The zero-order valence-corrected chi connectivity index (χ0v) is 11.6. The van der Waals surface area contributed by atoms with Crippen molar-refractivity contribution in [3.8, 4) is 5.75 Å². The Morgan fingerprint density at radius 3 is 2.84 bits per heavy atom. The maximum atomic E-state index is 9.04. The van der Waals surface area contributed by atoms with Crippen LogP contribution in [0.2, 0.25) is 0 Å². The lowest BCUT2D eigenvalue weighted by Crippen LogP contribution is -2.30. The van der Waals surface area contributed by atoms with E-state index in [0.29, 0.717) is 12.6 Å². The molecule has 1 atom stereocenters. The third-order valence-electron chi connectivity index (χ3n) is 3.73. The summed E-state index contributed by atoms with van der Waals surface area (Å²) in [6, 6.07) is 8.63. The van der Waals surface area contributed by atoms with Gasteiger partial charge in [-0.3, -0.25) is 4.90 Å². The summed E-state index contributed by atoms with van der Waals surface area (Å²) < 4.78 is 5.14. The van der Waals surface area contributed by atoms with Crippen LogP contribution >= 0.6 is 0 Å². The average Bonchev–Trinajstić information content (AvgIpc) is 2.88. The van der Waals surface area contributed by atoms with Gasteiger partial charge >= 0.3 is 0 Å². The van der Waals surface area contributed by atoms with Crippen LogP contribution in [0.15, 0.2) is 30.3 Å². The molecule has 1 fully saturated rings. The molecule has 19 heavy (non-hydrogen) atoms.